The summed E-state index contributed by atoms with van der Waals surface area (Å²) in [6, 6.07) is 0. The summed E-state index contributed by atoms with van der Waals surface area (Å²) in [5.41, 5.74) is 0. The number of thiol groups is 1. The van der Waals surface area contributed by atoms with Gasteiger partial charge in [0.25, 0.3) is 0 Å². The minimum absolute atomic E-state index is 0.0585. The molecule has 0 saturated carbocycles. The Bertz CT molecular complexity index is 306. The van der Waals surface area contributed by atoms with Crippen LogP contribution in [0.1, 0.15) is 26.7 Å². The predicted octanol–water partition coefficient (Wildman–Crippen LogP) is 1.10. The van der Waals surface area contributed by atoms with Crippen molar-refractivity contribution in [1.82, 2.24) is 4.90 Å². The molecule has 4 unspecified atom stereocenters. The molecule has 17 heavy (non-hydrogen) atoms. The lowest BCUT2D eigenvalue weighted by molar-refractivity contribution is -0.143. The summed E-state index contributed by atoms with van der Waals surface area (Å²) in [4.78, 5) is 25.8. The fraction of sp³-hybridized carbons (Fsp3) is 0.833. The molecule has 0 N–H and O–H groups in total. The molecular formula is C12H19NO3S. The lowest BCUT2D eigenvalue weighted by Crippen LogP contribution is -2.37. The maximum absolute atomic E-state index is 12.2. The largest absolute Gasteiger partial charge is 0.373 e. The van der Waals surface area contributed by atoms with Crippen LogP contribution in [0.4, 0.5) is 0 Å². The molecule has 2 saturated heterocycles. The van der Waals surface area contributed by atoms with Crippen LogP contribution in [0.2, 0.25) is 0 Å². The average molecular weight is 257 g/mol. The van der Waals surface area contributed by atoms with E-state index in [4.69, 9.17) is 4.74 Å². The molecule has 0 aromatic carbocycles. The monoisotopic (exact) mass is 257 g/mol. The molecule has 2 aliphatic rings. The van der Waals surface area contributed by atoms with Crippen molar-refractivity contribution in [1.29, 1.82) is 0 Å². The first-order chi connectivity index (χ1) is 8.15. The van der Waals surface area contributed by atoms with E-state index >= 15 is 0 Å². The highest BCUT2D eigenvalue weighted by atomic mass is 32.1. The summed E-state index contributed by atoms with van der Waals surface area (Å²) in [5.74, 6) is -0.103. The maximum Gasteiger partial charge on any atom is 0.235 e. The first kappa shape index (κ1) is 12.9. The third-order valence-electron chi connectivity index (χ3n) is 3.77. The summed E-state index contributed by atoms with van der Waals surface area (Å²) in [7, 11) is 0. The number of amides is 2. The Hall–Kier alpha value is -0.550. The summed E-state index contributed by atoms with van der Waals surface area (Å²) in [6.45, 7) is 4.41. The number of imide groups is 1. The van der Waals surface area contributed by atoms with Crippen LogP contribution in [0, 0.1) is 11.8 Å². The number of carbonyl (C=O) groups excluding carboxylic acids is 2. The van der Waals surface area contributed by atoms with Gasteiger partial charge in [-0.25, -0.2) is 0 Å². The summed E-state index contributed by atoms with van der Waals surface area (Å²) in [5, 5.41) is 0. The van der Waals surface area contributed by atoms with Gasteiger partial charge < -0.3 is 4.74 Å². The van der Waals surface area contributed by atoms with Crippen LogP contribution in [-0.4, -0.2) is 41.2 Å². The highest BCUT2D eigenvalue weighted by Gasteiger charge is 2.58. The Morgan fingerprint density at radius 1 is 1.12 bits per heavy atom. The van der Waals surface area contributed by atoms with Crippen molar-refractivity contribution in [3.63, 3.8) is 0 Å². The molecule has 4 nitrogen and oxygen atoms in total. The van der Waals surface area contributed by atoms with E-state index in [1.807, 2.05) is 13.8 Å². The Kier molecular flexibility index (Phi) is 3.78. The number of nitrogens with zero attached hydrogens (tertiary/aromatic N) is 1. The number of likely N-dealkylation sites (tertiary alicyclic amines) is 1. The molecule has 0 spiro atoms. The maximum atomic E-state index is 12.2. The molecule has 2 fully saturated rings. The number of hydrogen-bond acceptors (Lipinski definition) is 4. The third kappa shape index (κ3) is 1.89. The molecule has 2 heterocycles. The minimum Gasteiger partial charge on any atom is -0.373 e. The highest BCUT2D eigenvalue weighted by Crippen LogP contribution is 2.42. The lowest BCUT2D eigenvalue weighted by atomic mass is 9.88. The Labute approximate surface area is 107 Å². The van der Waals surface area contributed by atoms with E-state index in [9.17, 15) is 9.59 Å². The SMILES string of the molecule is CCC1OC(CC)C2C(=O)N(CCS)C(=O)C12. The zero-order valence-electron chi connectivity index (χ0n) is 10.3. The van der Waals surface area contributed by atoms with Crippen LogP contribution >= 0.6 is 12.6 Å². The molecule has 4 atom stereocenters. The Morgan fingerprint density at radius 3 is 1.94 bits per heavy atom. The fourth-order valence-electron chi connectivity index (χ4n) is 2.97. The summed E-state index contributed by atoms with van der Waals surface area (Å²) < 4.78 is 5.81. The predicted molar refractivity (Wildman–Crippen MR) is 66.8 cm³/mol. The van der Waals surface area contributed by atoms with Gasteiger partial charge in [-0.05, 0) is 12.8 Å². The normalized spacial score (nSPS) is 36.8. The van der Waals surface area contributed by atoms with Crippen molar-refractivity contribution in [2.45, 2.75) is 38.9 Å². The lowest BCUT2D eigenvalue weighted by Gasteiger charge is -2.20. The topological polar surface area (TPSA) is 46.6 Å². The van der Waals surface area contributed by atoms with Gasteiger partial charge in [-0.2, -0.15) is 12.6 Å². The van der Waals surface area contributed by atoms with Gasteiger partial charge in [0.1, 0.15) is 0 Å². The van der Waals surface area contributed by atoms with Crippen LogP contribution in [0.15, 0.2) is 0 Å². The second kappa shape index (κ2) is 4.98. The minimum atomic E-state index is -0.252. The van der Waals surface area contributed by atoms with Gasteiger partial charge in [0.05, 0.1) is 24.0 Å². The summed E-state index contributed by atoms with van der Waals surface area (Å²) in [6.07, 6.45) is 1.38. The van der Waals surface area contributed by atoms with Crippen molar-refractivity contribution in [2.75, 3.05) is 12.3 Å². The van der Waals surface area contributed by atoms with Crippen LogP contribution in [0.5, 0.6) is 0 Å². The van der Waals surface area contributed by atoms with Crippen molar-refractivity contribution >= 4 is 24.4 Å². The van der Waals surface area contributed by atoms with E-state index in [0.717, 1.165) is 12.8 Å². The Morgan fingerprint density at radius 2 is 1.59 bits per heavy atom. The van der Waals surface area contributed by atoms with Crippen molar-refractivity contribution in [2.24, 2.45) is 11.8 Å². The van der Waals surface area contributed by atoms with Gasteiger partial charge in [-0.3, -0.25) is 14.5 Å². The van der Waals surface area contributed by atoms with Gasteiger partial charge in [0, 0.05) is 12.3 Å². The van der Waals surface area contributed by atoms with Gasteiger partial charge >= 0.3 is 0 Å². The molecule has 0 aliphatic carbocycles. The molecule has 0 aromatic rings. The average Bonchev–Trinajstić information content (AvgIpc) is 2.82. The van der Waals surface area contributed by atoms with Crippen LogP contribution in [0.3, 0.4) is 0 Å². The fourth-order valence-corrected chi connectivity index (χ4v) is 3.17. The smallest absolute Gasteiger partial charge is 0.235 e. The van der Waals surface area contributed by atoms with Gasteiger partial charge in [0.15, 0.2) is 0 Å². The molecule has 2 rings (SSSR count). The number of carbonyl (C=O) groups is 2. The molecule has 5 heteroatoms. The van der Waals surface area contributed by atoms with E-state index < -0.39 is 0 Å². The highest BCUT2D eigenvalue weighted by molar-refractivity contribution is 7.80. The van der Waals surface area contributed by atoms with Gasteiger partial charge in [0.2, 0.25) is 11.8 Å². The molecule has 96 valence electrons. The first-order valence-electron chi connectivity index (χ1n) is 6.27. The van der Waals surface area contributed by atoms with E-state index in [1.54, 1.807) is 0 Å². The van der Waals surface area contributed by atoms with Crippen LogP contribution < -0.4 is 0 Å². The van der Waals surface area contributed by atoms with E-state index in [-0.39, 0.29) is 35.9 Å². The van der Waals surface area contributed by atoms with E-state index in [2.05, 4.69) is 12.6 Å². The molecular weight excluding hydrogens is 238 g/mol. The second-order valence-corrected chi connectivity index (χ2v) is 5.08. The van der Waals surface area contributed by atoms with Gasteiger partial charge in [-0.1, -0.05) is 13.8 Å². The zero-order chi connectivity index (χ0) is 12.6. The van der Waals surface area contributed by atoms with Crippen molar-refractivity contribution in [3.05, 3.63) is 0 Å². The van der Waals surface area contributed by atoms with E-state index in [1.165, 1.54) is 4.90 Å². The zero-order valence-corrected chi connectivity index (χ0v) is 11.2. The van der Waals surface area contributed by atoms with E-state index in [0.29, 0.717) is 12.3 Å². The molecule has 0 aromatic heterocycles. The van der Waals surface area contributed by atoms with Crippen LogP contribution in [-0.2, 0) is 14.3 Å². The quantitative estimate of drug-likeness (QED) is 0.606. The number of rotatable bonds is 4. The Balaban J connectivity index is 2.26. The van der Waals surface area contributed by atoms with Gasteiger partial charge in [-0.15, -0.1) is 0 Å². The first-order valence-corrected chi connectivity index (χ1v) is 6.90. The summed E-state index contributed by atoms with van der Waals surface area (Å²) >= 11 is 4.10. The standard InChI is InChI=1S/C12H19NO3S/c1-3-7-9-10(8(4-2)16-7)12(15)13(5-6-17)11(9)14/h7-10,17H,3-6H2,1-2H3. The molecule has 0 bridgehead atoms. The molecule has 2 amide bonds. The molecule has 0 radical (unpaired) electrons. The van der Waals surface area contributed by atoms with Crippen LogP contribution in [0.25, 0.3) is 0 Å². The van der Waals surface area contributed by atoms with Crippen molar-refractivity contribution < 1.29 is 14.3 Å². The van der Waals surface area contributed by atoms with Crippen molar-refractivity contribution in [3.8, 4) is 0 Å². The second-order valence-electron chi connectivity index (χ2n) is 4.63. The number of fused-ring (bicyclic) bond motifs is 1. The number of ether oxygens (including phenoxy) is 1. The third-order valence-corrected chi connectivity index (χ3v) is 3.97. The molecule has 2 aliphatic heterocycles. The number of hydrogen-bond donors (Lipinski definition) is 1.